The Kier molecular flexibility index (Phi) is 4.84. The summed E-state index contributed by atoms with van der Waals surface area (Å²) in [5.74, 6) is 0.934. The lowest BCUT2D eigenvalue weighted by atomic mass is 10.1. The number of allylic oxidation sites excluding steroid dienone is 2. The number of morpholine rings is 1. The van der Waals surface area contributed by atoms with E-state index in [0.717, 1.165) is 59.5 Å². The zero-order valence-corrected chi connectivity index (χ0v) is 15.3. The predicted octanol–water partition coefficient (Wildman–Crippen LogP) is 1.12. The number of ether oxygens (including phenoxy) is 1. The van der Waals surface area contributed by atoms with Crippen molar-refractivity contribution >= 4 is 24.0 Å². The first-order valence-electron chi connectivity index (χ1n) is 8.95. The highest BCUT2D eigenvalue weighted by molar-refractivity contribution is 5.87. The Bertz CT molecular complexity index is 1040. The van der Waals surface area contributed by atoms with Crippen LogP contribution in [0.5, 0.6) is 0 Å². The van der Waals surface area contributed by atoms with E-state index in [1.807, 2.05) is 36.1 Å². The maximum absolute atomic E-state index is 5.44. The molecule has 0 bridgehead atoms. The lowest BCUT2D eigenvalue weighted by Crippen LogP contribution is -2.37. The fourth-order valence-electron chi connectivity index (χ4n) is 3.15. The van der Waals surface area contributed by atoms with Crippen LogP contribution >= 0.6 is 0 Å². The molecule has 4 heterocycles. The maximum atomic E-state index is 5.44. The molecule has 0 atom stereocenters. The van der Waals surface area contributed by atoms with Crippen LogP contribution in [-0.4, -0.2) is 51.3 Å². The Morgan fingerprint density at radius 1 is 1.30 bits per heavy atom. The Balaban J connectivity index is 1.76. The Morgan fingerprint density at radius 3 is 2.89 bits per heavy atom. The monoisotopic (exact) mass is 362 g/mol. The van der Waals surface area contributed by atoms with Gasteiger partial charge in [0, 0.05) is 42.3 Å². The third-order valence-corrected chi connectivity index (χ3v) is 4.63. The molecule has 0 amide bonds. The summed E-state index contributed by atoms with van der Waals surface area (Å²) in [4.78, 5) is 6.75. The number of nitrogens with zero attached hydrogens (tertiary/aromatic N) is 5. The van der Waals surface area contributed by atoms with Crippen LogP contribution in [0.15, 0.2) is 43.0 Å². The summed E-state index contributed by atoms with van der Waals surface area (Å²) < 4.78 is 7.34. The van der Waals surface area contributed by atoms with E-state index < -0.39 is 0 Å². The number of nitrogens with one attached hydrogen (secondary N) is 1. The number of pyridine rings is 1. The molecule has 3 aromatic rings. The number of hydrogen-bond donors (Lipinski definition) is 1. The number of aromatic amines is 1. The number of anilines is 1. The highest BCUT2D eigenvalue weighted by Crippen LogP contribution is 2.16. The summed E-state index contributed by atoms with van der Waals surface area (Å²) in [5, 5.41) is 13.2. The van der Waals surface area contributed by atoms with E-state index in [1.165, 1.54) is 0 Å². The Hall–Kier alpha value is -3.19. The van der Waals surface area contributed by atoms with Crippen molar-refractivity contribution in [2.45, 2.75) is 6.92 Å². The van der Waals surface area contributed by atoms with Crippen LogP contribution in [-0.2, 0) is 4.74 Å². The molecule has 27 heavy (non-hydrogen) atoms. The first kappa shape index (κ1) is 17.2. The summed E-state index contributed by atoms with van der Waals surface area (Å²) in [6.07, 6.45) is 11.4. The fraction of sp³-hybridized carbons (Fsp3) is 0.250. The molecule has 0 radical (unpaired) electrons. The van der Waals surface area contributed by atoms with Crippen LogP contribution in [0.1, 0.15) is 12.5 Å². The molecule has 1 aliphatic heterocycles. The zero-order valence-electron chi connectivity index (χ0n) is 15.3. The summed E-state index contributed by atoms with van der Waals surface area (Å²) in [5.41, 5.74) is 3.03. The first-order chi connectivity index (χ1) is 13.3. The largest absolute Gasteiger partial charge is 0.378 e. The van der Waals surface area contributed by atoms with Crippen molar-refractivity contribution < 1.29 is 4.74 Å². The zero-order chi connectivity index (χ0) is 18.6. The fourth-order valence-corrected chi connectivity index (χ4v) is 3.15. The molecule has 1 N–H and O–H groups in total. The molecule has 0 aromatic carbocycles. The third kappa shape index (κ3) is 3.54. The normalized spacial score (nSPS) is 16.1. The molecule has 0 saturated carbocycles. The van der Waals surface area contributed by atoms with Crippen molar-refractivity contribution in [1.82, 2.24) is 25.0 Å². The standard InChI is InChI=1S/C20H22N6O/c1-3-16(17-13-22-23-14-17)10-19-15(2)12-24-26(19)18-4-5-21-20(11-18)25-6-8-27-9-7-25/h3-5,10-14H,2,6-9H2,1H3,(H,22,23)/b16-3+,19-10+. The second-order valence-corrected chi connectivity index (χ2v) is 6.31. The van der Waals surface area contributed by atoms with Gasteiger partial charge in [-0.1, -0.05) is 12.7 Å². The van der Waals surface area contributed by atoms with Crippen molar-refractivity contribution in [1.29, 1.82) is 0 Å². The van der Waals surface area contributed by atoms with Crippen molar-refractivity contribution in [2.75, 3.05) is 31.2 Å². The van der Waals surface area contributed by atoms with Crippen LogP contribution in [0.2, 0.25) is 0 Å². The minimum absolute atomic E-state index is 0.727. The molecule has 7 nitrogen and oxygen atoms in total. The van der Waals surface area contributed by atoms with Crippen LogP contribution in [0.3, 0.4) is 0 Å². The highest BCUT2D eigenvalue weighted by Gasteiger charge is 2.13. The summed E-state index contributed by atoms with van der Waals surface area (Å²) in [7, 11) is 0. The second kappa shape index (κ2) is 7.59. The predicted molar refractivity (Wildman–Crippen MR) is 106 cm³/mol. The van der Waals surface area contributed by atoms with Gasteiger partial charge in [0.25, 0.3) is 0 Å². The van der Waals surface area contributed by atoms with Gasteiger partial charge in [-0.05, 0) is 24.6 Å². The van der Waals surface area contributed by atoms with Crippen LogP contribution in [0.25, 0.3) is 23.9 Å². The SMILES string of the molecule is C=c1cnn(-c2ccnc(N3CCOCC3)c2)/c1=C/C(=C\C)c1cn[nH]c1. The van der Waals surface area contributed by atoms with Crippen LogP contribution in [0, 0.1) is 0 Å². The van der Waals surface area contributed by atoms with Gasteiger partial charge in [0.1, 0.15) is 5.82 Å². The van der Waals surface area contributed by atoms with E-state index in [0.29, 0.717) is 0 Å². The highest BCUT2D eigenvalue weighted by atomic mass is 16.5. The van der Waals surface area contributed by atoms with Crippen LogP contribution in [0.4, 0.5) is 5.82 Å². The summed E-state index contributed by atoms with van der Waals surface area (Å²) >= 11 is 0. The Labute approximate surface area is 157 Å². The van der Waals surface area contributed by atoms with Crippen molar-refractivity contribution in [3.8, 4) is 5.69 Å². The van der Waals surface area contributed by atoms with Gasteiger partial charge < -0.3 is 9.64 Å². The summed E-state index contributed by atoms with van der Waals surface area (Å²) in [6, 6.07) is 4.02. The quantitative estimate of drug-likeness (QED) is 0.753. The number of H-pyrrole nitrogens is 1. The van der Waals surface area contributed by atoms with Gasteiger partial charge in [0.15, 0.2) is 0 Å². The van der Waals surface area contributed by atoms with Crippen LogP contribution < -0.4 is 15.5 Å². The van der Waals surface area contributed by atoms with E-state index in [4.69, 9.17) is 4.74 Å². The second-order valence-electron chi connectivity index (χ2n) is 6.31. The lowest BCUT2D eigenvalue weighted by Gasteiger charge is -2.27. The molecule has 3 aromatic heterocycles. The average Bonchev–Trinajstić information content (AvgIpc) is 3.37. The molecule has 0 spiro atoms. The molecule has 1 fully saturated rings. The molecule has 7 heteroatoms. The van der Waals surface area contributed by atoms with Gasteiger partial charge in [-0.3, -0.25) is 5.10 Å². The molecule has 1 aliphatic rings. The van der Waals surface area contributed by atoms with E-state index >= 15 is 0 Å². The molecule has 0 unspecified atom stereocenters. The van der Waals surface area contributed by atoms with Crippen molar-refractivity contribution in [2.24, 2.45) is 0 Å². The van der Waals surface area contributed by atoms with Gasteiger partial charge in [0.05, 0.1) is 36.6 Å². The van der Waals surface area contributed by atoms with Crippen molar-refractivity contribution in [3.05, 3.63) is 59.1 Å². The lowest BCUT2D eigenvalue weighted by molar-refractivity contribution is 0.122. The Morgan fingerprint density at radius 2 is 2.15 bits per heavy atom. The molecular weight excluding hydrogens is 340 g/mol. The molecule has 4 rings (SSSR count). The van der Waals surface area contributed by atoms with Gasteiger partial charge in [0.2, 0.25) is 0 Å². The summed E-state index contributed by atoms with van der Waals surface area (Å²) in [6.45, 7) is 9.29. The molecular formula is C20H22N6O. The number of rotatable bonds is 4. The van der Waals surface area contributed by atoms with Crippen molar-refractivity contribution in [3.63, 3.8) is 0 Å². The maximum Gasteiger partial charge on any atom is 0.130 e. The molecule has 0 aliphatic carbocycles. The average molecular weight is 362 g/mol. The smallest absolute Gasteiger partial charge is 0.130 e. The van der Waals surface area contributed by atoms with E-state index in [2.05, 4.69) is 43.9 Å². The topological polar surface area (TPSA) is 71.9 Å². The minimum atomic E-state index is 0.727. The number of aromatic nitrogens is 5. The number of hydrogen-bond acceptors (Lipinski definition) is 5. The van der Waals surface area contributed by atoms with Gasteiger partial charge in [-0.2, -0.15) is 10.2 Å². The van der Waals surface area contributed by atoms with Gasteiger partial charge >= 0.3 is 0 Å². The third-order valence-electron chi connectivity index (χ3n) is 4.63. The first-order valence-corrected chi connectivity index (χ1v) is 8.95. The minimum Gasteiger partial charge on any atom is -0.378 e. The van der Waals surface area contributed by atoms with E-state index in [9.17, 15) is 0 Å². The van der Waals surface area contributed by atoms with Gasteiger partial charge in [-0.15, -0.1) is 0 Å². The van der Waals surface area contributed by atoms with Gasteiger partial charge in [-0.25, -0.2) is 9.67 Å². The van der Waals surface area contributed by atoms with E-state index in [1.54, 1.807) is 12.4 Å². The molecule has 138 valence electrons. The molecule has 1 saturated heterocycles. The van der Waals surface area contributed by atoms with E-state index in [-0.39, 0.29) is 0 Å².